The quantitative estimate of drug-likeness (QED) is 0.717. The SMILES string of the molecule is CC(NC(=O)OC(C)(C)C)C1CC1. The lowest BCUT2D eigenvalue weighted by Crippen LogP contribution is -2.38. The van der Waals surface area contributed by atoms with Crippen molar-refractivity contribution in [2.45, 2.75) is 52.2 Å². The maximum absolute atomic E-state index is 11.3. The van der Waals surface area contributed by atoms with E-state index in [4.69, 9.17) is 4.74 Å². The van der Waals surface area contributed by atoms with Gasteiger partial charge < -0.3 is 10.1 Å². The Kier molecular flexibility index (Phi) is 2.84. The zero-order chi connectivity index (χ0) is 10.1. The minimum absolute atomic E-state index is 0.259. The summed E-state index contributed by atoms with van der Waals surface area (Å²) in [4.78, 5) is 11.3. The Morgan fingerprint density at radius 1 is 1.46 bits per heavy atom. The Labute approximate surface area is 79.8 Å². The summed E-state index contributed by atoms with van der Waals surface area (Å²) in [6, 6.07) is 0.259. The van der Waals surface area contributed by atoms with Gasteiger partial charge in [0.15, 0.2) is 0 Å². The molecule has 1 saturated carbocycles. The Balaban J connectivity index is 2.24. The third-order valence-corrected chi connectivity index (χ3v) is 2.07. The molecule has 0 aromatic heterocycles. The molecule has 3 heteroatoms. The third kappa shape index (κ3) is 4.15. The highest BCUT2D eigenvalue weighted by atomic mass is 16.6. The van der Waals surface area contributed by atoms with Gasteiger partial charge in [0.05, 0.1) is 0 Å². The van der Waals surface area contributed by atoms with E-state index in [0.717, 1.165) is 0 Å². The largest absolute Gasteiger partial charge is 0.444 e. The number of amides is 1. The fourth-order valence-electron chi connectivity index (χ4n) is 1.21. The monoisotopic (exact) mass is 185 g/mol. The van der Waals surface area contributed by atoms with E-state index in [1.54, 1.807) is 0 Å². The van der Waals surface area contributed by atoms with E-state index >= 15 is 0 Å². The van der Waals surface area contributed by atoms with Gasteiger partial charge in [-0.3, -0.25) is 0 Å². The summed E-state index contributed by atoms with van der Waals surface area (Å²) in [5.41, 5.74) is -0.395. The zero-order valence-corrected chi connectivity index (χ0v) is 8.89. The molecule has 0 saturated heterocycles. The molecule has 1 atom stereocenters. The van der Waals surface area contributed by atoms with Crippen LogP contribution in [-0.2, 0) is 4.74 Å². The first-order chi connectivity index (χ1) is 5.88. The molecule has 3 nitrogen and oxygen atoms in total. The molecular formula is C10H19NO2. The topological polar surface area (TPSA) is 38.3 Å². The van der Waals surface area contributed by atoms with Crippen LogP contribution in [0.15, 0.2) is 0 Å². The van der Waals surface area contributed by atoms with Crippen molar-refractivity contribution in [3.8, 4) is 0 Å². The van der Waals surface area contributed by atoms with Crippen LogP contribution in [0.3, 0.4) is 0 Å². The first-order valence-electron chi connectivity index (χ1n) is 4.88. The van der Waals surface area contributed by atoms with E-state index in [1.807, 2.05) is 27.7 Å². The average molecular weight is 185 g/mol. The van der Waals surface area contributed by atoms with Crippen LogP contribution < -0.4 is 5.32 Å². The lowest BCUT2D eigenvalue weighted by molar-refractivity contribution is 0.0503. The molecular weight excluding hydrogens is 166 g/mol. The van der Waals surface area contributed by atoms with Gasteiger partial charge in [0.2, 0.25) is 0 Å². The minimum Gasteiger partial charge on any atom is -0.444 e. The molecule has 0 heterocycles. The summed E-state index contributed by atoms with van der Waals surface area (Å²) < 4.78 is 5.14. The van der Waals surface area contributed by atoms with Crippen molar-refractivity contribution in [2.75, 3.05) is 0 Å². The number of carbonyl (C=O) groups is 1. The fraction of sp³-hybridized carbons (Fsp3) is 0.900. The molecule has 13 heavy (non-hydrogen) atoms. The molecule has 1 N–H and O–H groups in total. The standard InChI is InChI=1S/C10H19NO2/c1-7(8-5-6-8)11-9(12)13-10(2,3)4/h7-8H,5-6H2,1-4H3,(H,11,12). The van der Waals surface area contributed by atoms with Crippen LogP contribution in [0.2, 0.25) is 0 Å². The molecule has 76 valence electrons. The maximum Gasteiger partial charge on any atom is 0.407 e. The molecule has 0 aromatic carbocycles. The number of hydrogen-bond donors (Lipinski definition) is 1. The van der Waals surface area contributed by atoms with E-state index in [1.165, 1.54) is 12.8 Å². The maximum atomic E-state index is 11.3. The molecule has 0 spiro atoms. The predicted octanol–water partition coefficient (Wildman–Crippen LogP) is 2.31. The van der Waals surface area contributed by atoms with E-state index in [2.05, 4.69) is 5.32 Å². The van der Waals surface area contributed by atoms with Crippen LogP contribution in [0.1, 0.15) is 40.5 Å². The van der Waals surface area contributed by atoms with Crippen LogP contribution in [0.25, 0.3) is 0 Å². The Morgan fingerprint density at radius 2 is 2.00 bits per heavy atom. The van der Waals surface area contributed by atoms with Crippen molar-refractivity contribution in [3.63, 3.8) is 0 Å². The van der Waals surface area contributed by atoms with Crippen molar-refractivity contribution < 1.29 is 9.53 Å². The van der Waals surface area contributed by atoms with Crippen molar-refractivity contribution in [2.24, 2.45) is 5.92 Å². The number of nitrogens with one attached hydrogen (secondary N) is 1. The first kappa shape index (κ1) is 10.4. The third-order valence-electron chi connectivity index (χ3n) is 2.07. The van der Waals surface area contributed by atoms with E-state index in [9.17, 15) is 4.79 Å². The van der Waals surface area contributed by atoms with Gasteiger partial charge in [-0.1, -0.05) is 0 Å². The van der Waals surface area contributed by atoms with Gasteiger partial charge in [0, 0.05) is 6.04 Å². The molecule has 1 amide bonds. The highest BCUT2D eigenvalue weighted by Crippen LogP contribution is 2.32. The minimum atomic E-state index is -0.395. The number of ether oxygens (including phenoxy) is 1. The lowest BCUT2D eigenvalue weighted by Gasteiger charge is -2.21. The van der Waals surface area contributed by atoms with Crippen LogP contribution in [0.5, 0.6) is 0 Å². The van der Waals surface area contributed by atoms with Crippen LogP contribution in [-0.4, -0.2) is 17.7 Å². The Morgan fingerprint density at radius 3 is 2.38 bits per heavy atom. The van der Waals surface area contributed by atoms with Crippen LogP contribution in [0.4, 0.5) is 4.79 Å². The molecule has 0 bridgehead atoms. The Hall–Kier alpha value is -0.730. The second-order valence-corrected chi connectivity index (χ2v) is 4.77. The van der Waals surface area contributed by atoms with E-state index < -0.39 is 5.60 Å². The molecule has 1 aliphatic rings. The second kappa shape index (κ2) is 3.56. The fourth-order valence-corrected chi connectivity index (χ4v) is 1.21. The molecule has 1 rings (SSSR count). The molecule has 0 aliphatic heterocycles. The van der Waals surface area contributed by atoms with Crippen LogP contribution >= 0.6 is 0 Å². The van der Waals surface area contributed by atoms with Crippen molar-refractivity contribution >= 4 is 6.09 Å². The van der Waals surface area contributed by atoms with Gasteiger partial charge in [-0.05, 0) is 46.5 Å². The first-order valence-corrected chi connectivity index (χ1v) is 4.88. The second-order valence-electron chi connectivity index (χ2n) is 4.77. The highest BCUT2D eigenvalue weighted by Gasteiger charge is 2.30. The van der Waals surface area contributed by atoms with Gasteiger partial charge in [0.25, 0.3) is 0 Å². The van der Waals surface area contributed by atoms with Gasteiger partial charge in [0.1, 0.15) is 5.60 Å². The lowest BCUT2D eigenvalue weighted by atomic mass is 10.2. The number of carbonyl (C=O) groups excluding carboxylic acids is 1. The average Bonchev–Trinajstić information content (AvgIpc) is 2.60. The summed E-state index contributed by atoms with van der Waals surface area (Å²) in [5.74, 6) is 0.674. The summed E-state index contributed by atoms with van der Waals surface area (Å²) in [7, 11) is 0. The zero-order valence-electron chi connectivity index (χ0n) is 8.89. The molecule has 1 unspecified atom stereocenters. The highest BCUT2D eigenvalue weighted by molar-refractivity contribution is 5.68. The van der Waals surface area contributed by atoms with E-state index in [0.29, 0.717) is 5.92 Å². The van der Waals surface area contributed by atoms with Crippen LogP contribution in [0, 0.1) is 5.92 Å². The smallest absolute Gasteiger partial charge is 0.407 e. The van der Waals surface area contributed by atoms with Gasteiger partial charge in [-0.25, -0.2) is 4.79 Å². The summed E-state index contributed by atoms with van der Waals surface area (Å²) in [6.07, 6.45) is 2.17. The molecule has 1 aliphatic carbocycles. The predicted molar refractivity (Wildman–Crippen MR) is 51.6 cm³/mol. The van der Waals surface area contributed by atoms with Gasteiger partial charge in [-0.2, -0.15) is 0 Å². The molecule has 1 fully saturated rings. The van der Waals surface area contributed by atoms with Crippen molar-refractivity contribution in [1.82, 2.24) is 5.32 Å². The molecule has 0 aromatic rings. The number of rotatable bonds is 2. The normalized spacial score (nSPS) is 19.4. The van der Waals surface area contributed by atoms with Crippen molar-refractivity contribution in [1.29, 1.82) is 0 Å². The number of alkyl carbamates (subject to hydrolysis) is 1. The number of hydrogen-bond acceptors (Lipinski definition) is 2. The molecule has 0 radical (unpaired) electrons. The van der Waals surface area contributed by atoms with E-state index in [-0.39, 0.29) is 12.1 Å². The summed E-state index contributed by atoms with van der Waals surface area (Å²) in [5, 5.41) is 2.84. The van der Waals surface area contributed by atoms with Crippen molar-refractivity contribution in [3.05, 3.63) is 0 Å². The summed E-state index contributed by atoms with van der Waals surface area (Å²) >= 11 is 0. The summed E-state index contributed by atoms with van der Waals surface area (Å²) in [6.45, 7) is 7.64. The van der Waals surface area contributed by atoms with Gasteiger partial charge >= 0.3 is 6.09 Å². The van der Waals surface area contributed by atoms with Gasteiger partial charge in [-0.15, -0.1) is 0 Å². The Bertz CT molecular complexity index is 192.